The average molecular weight is 310 g/mol. The molecule has 0 N–H and O–H groups in total. The molecule has 1 aromatic heterocycles. The zero-order chi connectivity index (χ0) is 8.60. The van der Waals surface area contributed by atoms with Crippen molar-refractivity contribution in [1.82, 2.24) is 0 Å². The van der Waals surface area contributed by atoms with E-state index in [1.54, 1.807) is 0 Å². The van der Waals surface area contributed by atoms with E-state index in [4.69, 9.17) is 0 Å². The van der Waals surface area contributed by atoms with Gasteiger partial charge in [-0.3, -0.25) is 0 Å². The van der Waals surface area contributed by atoms with E-state index in [1.807, 2.05) is 11.3 Å². The Morgan fingerprint density at radius 3 is 2.67 bits per heavy atom. The first-order valence-electron chi connectivity index (χ1n) is 4.03. The van der Waals surface area contributed by atoms with Crippen LogP contribution < -0.4 is 0 Å². The van der Waals surface area contributed by atoms with Gasteiger partial charge in [-0.15, -0.1) is 11.3 Å². The minimum absolute atomic E-state index is 0.615. The third-order valence-corrected chi connectivity index (χ3v) is 5.30. The molecular weight excluding hydrogens is 300 g/mol. The van der Waals surface area contributed by atoms with Crippen LogP contribution in [0.4, 0.5) is 0 Å². The number of alkyl halides is 1. The first kappa shape index (κ1) is 9.22. The van der Waals surface area contributed by atoms with Crippen LogP contribution in [0, 0.1) is 5.41 Å². The van der Waals surface area contributed by atoms with Gasteiger partial charge in [-0.2, -0.15) is 0 Å². The SMILES string of the molecule is BrCC1(Cc2cc(Br)cs2)CC1. The summed E-state index contributed by atoms with van der Waals surface area (Å²) in [7, 11) is 0. The van der Waals surface area contributed by atoms with E-state index in [0.717, 1.165) is 5.33 Å². The molecule has 1 aromatic rings. The third kappa shape index (κ3) is 1.94. The zero-order valence-corrected chi connectivity index (χ0v) is 10.6. The number of hydrogen-bond donors (Lipinski definition) is 0. The number of halogens is 2. The summed E-state index contributed by atoms with van der Waals surface area (Å²) in [4.78, 5) is 1.51. The molecule has 1 heterocycles. The van der Waals surface area contributed by atoms with Crippen LogP contribution in [0.15, 0.2) is 15.9 Å². The van der Waals surface area contributed by atoms with Crippen LogP contribution in [0.2, 0.25) is 0 Å². The molecule has 1 saturated carbocycles. The Bertz CT molecular complexity index is 276. The lowest BCUT2D eigenvalue weighted by molar-refractivity contribution is 0.592. The number of hydrogen-bond acceptors (Lipinski definition) is 1. The van der Waals surface area contributed by atoms with E-state index in [2.05, 4.69) is 43.3 Å². The van der Waals surface area contributed by atoms with Gasteiger partial charge in [-0.25, -0.2) is 0 Å². The maximum absolute atomic E-state index is 3.59. The molecule has 0 aromatic carbocycles. The van der Waals surface area contributed by atoms with Crippen molar-refractivity contribution in [2.75, 3.05) is 5.33 Å². The van der Waals surface area contributed by atoms with Crippen LogP contribution in [0.5, 0.6) is 0 Å². The quantitative estimate of drug-likeness (QED) is 0.733. The zero-order valence-electron chi connectivity index (χ0n) is 6.65. The maximum Gasteiger partial charge on any atom is 0.0285 e. The fourth-order valence-electron chi connectivity index (χ4n) is 1.35. The Kier molecular flexibility index (Phi) is 2.64. The maximum atomic E-state index is 3.59. The summed E-state index contributed by atoms with van der Waals surface area (Å²) < 4.78 is 1.23. The minimum atomic E-state index is 0.615. The van der Waals surface area contributed by atoms with Gasteiger partial charge in [0.2, 0.25) is 0 Å². The predicted octanol–water partition coefficient (Wildman–Crippen LogP) is 4.23. The molecule has 0 unspecified atom stereocenters. The van der Waals surface area contributed by atoms with Crippen molar-refractivity contribution in [2.24, 2.45) is 5.41 Å². The Hall–Kier alpha value is 0.660. The van der Waals surface area contributed by atoms with Gasteiger partial charge < -0.3 is 0 Å². The van der Waals surface area contributed by atoms with Crippen LogP contribution in [-0.2, 0) is 6.42 Å². The highest BCUT2D eigenvalue weighted by Gasteiger charge is 2.41. The van der Waals surface area contributed by atoms with Crippen LogP contribution in [-0.4, -0.2) is 5.33 Å². The van der Waals surface area contributed by atoms with Crippen molar-refractivity contribution < 1.29 is 0 Å². The fourth-order valence-corrected chi connectivity index (χ4v) is 3.73. The van der Waals surface area contributed by atoms with Crippen molar-refractivity contribution in [1.29, 1.82) is 0 Å². The molecule has 2 rings (SSSR count). The monoisotopic (exact) mass is 308 g/mol. The van der Waals surface area contributed by atoms with Crippen molar-refractivity contribution in [3.63, 3.8) is 0 Å². The van der Waals surface area contributed by atoms with E-state index in [9.17, 15) is 0 Å². The molecule has 3 heteroatoms. The summed E-state index contributed by atoms with van der Waals surface area (Å²) in [6.45, 7) is 0. The normalized spacial score (nSPS) is 19.5. The molecule has 1 aliphatic rings. The molecule has 0 nitrogen and oxygen atoms in total. The third-order valence-electron chi connectivity index (χ3n) is 2.41. The van der Waals surface area contributed by atoms with Gasteiger partial charge in [0, 0.05) is 20.1 Å². The molecular formula is C9H10Br2S. The lowest BCUT2D eigenvalue weighted by Crippen LogP contribution is -2.04. The van der Waals surface area contributed by atoms with Crippen molar-refractivity contribution >= 4 is 43.2 Å². The van der Waals surface area contributed by atoms with Gasteiger partial charge in [0.1, 0.15) is 0 Å². The van der Waals surface area contributed by atoms with Crippen LogP contribution in [0.25, 0.3) is 0 Å². The molecule has 12 heavy (non-hydrogen) atoms. The van der Waals surface area contributed by atoms with Crippen LogP contribution in [0.3, 0.4) is 0 Å². The van der Waals surface area contributed by atoms with E-state index in [-0.39, 0.29) is 0 Å². The summed E-state index contributed by atoms with van der Waals surface area (Å²) in [5, 5.41) is 3.33. The lowest BCUT2D eigenvalue weighted by atomic mass is 10.1. The molecule has 66 valence electrons. The fraction of sp³-hybridized carbons (Fsp3) is 0.556. The lowest BCUT2D eigenvalue weighted by Gasteiger charge is -2.07. The molecule has 0 spiro atoms. The van der Waals surface area contributed by atoms with Gasteiger partial charge in [0.05, 0.1) is 0 Å². The highest BCUT2D eigenvalue weighted by molar-refractivity contribution is 9.10. The molecule has 0 saturated heterocycles. The van der Waals surface area contributed by atoms with Crippen LogP contribution in [0.1, 0.15) is 17.7 Å². The summed E-state index contributed by atoms with van der Waals surface area (Å²) in [6.07, 6.45) is 4.05. The summed E-state index contributed by atoms with van der Waals surface area (Å²) in [6, 6.07) is 2.24. The Balaban J connectivity index is 2.04. The first-order valence-corrected chi connectivity index (χ1v) is 6.82. The Morgan fingerprint density at radius 1 is 1.50 bits per heavy atom. The molecule has 0 aliphatic heterocycles. The van der Waals surface area contributed by atoms with E-state index in [1.165, 1.54) is 28.6 Å². The number of thiophene rings is 1. The second kappa shape index (κ2) is 3.43. The van der Waals surface area contributed by atoms with Gasteiger partial charge in [-0.1, -0.05) is 15.9 Å². The molecule has 0 atom stereocenters. The highest BCUT2D eigenvalue weighted by atomic mass is 79.9. The van der Waals surface area contributed by atoms with Crippen LogP contribution >= 0.6 is 43.2 Å². The standard InChI is InChI=1S/C9H10Br2S/c10-6-9(1-2-9)4-8-3-7(11)5-12-8/h3,5H,1-2,4,6H2. The van der Waals surface area contributed by atoms with Gasteiger partial charge in [0.25, 0.3) is 0 Å². The summed E-state index contributed by atoms with van der Waals surface area (Å²) >= 11 is 8.94. The Labute approximate surface area is 93.6 Å². The Morgan fingerprint density at radius 2 is 2.25 bits per heavy atom. The van der Waals surface area contributed by atoms with Crippen molar-refractivity contribution in [3.8, 4) is 0 Å². The summed E-state index contributed by atoms with van der Waals surface area (Å²) in [5.41, 5.74) is 0.615. The summed E-state index contributed by atoms with van der Waals surface area (Å²) in [5.74, 6) is 0. The molecule has 1 fully saturated rings. The predicted molar refractivity (Wildman–Crippen MR) is 61.2 cm³/mol. The number of rotatable bonds is 3. The molecule has 0 amide bonds. The van der Waals surface area contributed by atoms with Gasteiger partial charge in [0.15, 0.2) is 0 Å². The van der Waals surface area contributed by atoms with Gasteiger partial charge >= 0.3 is 0 Å². The largest absolute Gasteiger partial charge is 0.148 e. The minimum Gasteiger partial charge on any atom is -0.148 e. The van der Waals surface area contributed by atoms with Crippen molar-refractivity contribution in [3.05, 3.63) is 20.8 Å². The molecule has 0 radical (unpaired) electrons. The van der Waals surface area contributed by atoms with Gasteiger partial charge in [-0.05, 0) is 46.7 Å². The topological polar surface area (TPSA) is 0 Å². The molecule has 0 bridgehead atoms. The first-order chi connectivity index (χ1) is 5.74. The second-order valence-electron chi connectivity index (χ2n) is 3.54. The highest BCUT2D eigenvalue weighted by Crippen LogP contribution is 2.50. The second-order valence-corrected chi connectivity index (χ2v) is 6.01. The smallest absolute Gasteiger partial charge is 0.0285 e. The van der Waals surface area contributed by atoms with Crippen molar-refractivity contribution in [2.45, 2.75) is 19.3 Å². The van der Waals surface area contributed by atoms with E-state index in [0.29, 0.717) is 5.41 Å². The van der Waals surface area contributed by atoms with E-state index < -0.39 is 0 Å². The average Bonchev–Trinajstić information content (AvgIpc) is 2.71. The molecule has 1 aliphatic carbocycles. The van der Waals surface area contributed by atoms with E-state index >= 15 is 0 Å².